The summed E-state index contributed by atoms with van der Waals surface area (Å²) in [7, 11) is 0. The van der Waals surface area contributed by atoms with Gasteiger partial charge in [0, 0.05) is 29.2 Å². The van der Waals surface area contributed by atoms with Crippen molar-refractivity contribution in [3.63, 3.8) is 0 Å². The number of nitrogens with zero attached hydrogens (tertiary/aromatic N) is 6. The van der Waals surface area contributed by atoms with Crippen LogP contribution in [0.3, 0.4) is 0 Å². The monoisotopic (exact) mass is 376 g/mol. The molecular formula is C15H13ClN6S2. The quantitative estimate of drug-likeness (QED) is 0.486. The summed E-state index contributed by atoms with van der Waals surface area (Å²) in [4.78, 5) is 4.72. The molecule has 4 aromatic rings. The number of aryl methyl sites for hydroxylation is 1. The Bertz CT molecular complexity index is 1010. The molecule has 9 heteroatoms. The number of benzene rings is 1. The zero-order valence-electron chi connectivity index (χ0n) is 12.8. The highest BCUT2D eigenvalue weighted by Crippen LogP contribution is 2.29. The zero-order chi connectivity index (χ0) is 16.5. The van der Waals surface area contributed by atoms with Gasteiger partial charge in [-0.3, -0.25) is 0 Å². The standard InChI is InChI=1S/C15H13ClN6S2/c1-2-7-22-11-6-4-3-5-9(11)12-14(22)17-15(20-19-12)23-8-10-13(16)24-21-18-10/h3-6H,2,7-8H2,1H3. The Kier molecular flexibility index (Phi) is 4.34. The van der Waals surface area contributed by atoms with E-state index in [2.05, 4.69) is 43.4 Å². The summed E-state index contributed by atoms with van der Waals surface area (Å²) in [5.41, 5.74) is 3.62. The maximum absolute atomic E-state index is 6.04. The van der Waals surface area contributed by atoms with Crippen molar-refractivity contribution in [1.29, 1.82) is 0 Å². The maximum atomic E-state index is 6.04. The predicted molar refractivity (Wildman–Crippen MR) is 97.6 cm³/mol. The van der Waals surface area contributed by atoms with Gasteiger partial charge in [-0.1, -0.05) is 53.0 Å². The number of halogens is 1. The van der Waals surface area contributed by atoms with Gasteiger partial charge in [0.25, 0.3) is 0 Å². The van der Waals surface area contributed by atoms with E-state index in [1.807, 2.05) is 12.1 Å². The van der Waals surface area contributed by atoms with Crippen molar-refractivity contribution in [2.45, 2.75) is 30.8 Å². The van der Waals surface area contributed by atoms with Crippen molar-refractivity contribution in [2.75, 3.05) is 0 Å². The van der Waals surface area contributed by atoms with Crippen molar-refractivity contribution in [3.8, 4) is 0 Å². The minimum atomic E-state index is 0.580. The van der Waals surface area contributed by atoms with Crippen molar-refractivity contribution < 1.29 is 0 Å². The third kappa shape index (κ3) is 2.74. The lowest BCUT2D eigenvalue weighted by atomic mass is 10.2. The molecule has 0 spiro atoms. The molecule has 0 aliphatic rings. The number of hydrogen-bond donors (Lipinski definition) is 0. The summed E-state index contributed by atoms with van der Waals surface area (Å²) in [6, 6.07) is 8.21. The van der Waals surface area contributed by atoms with Crippen LogP contribution in [0.2, 0.25) is 4.34 Å². The molecule has 24 heavy (non-hydrogen) atoms. The molecule has 1 aromatic carbocycles. The average molecular weight is 377 g/mol. The van der Waals surface area contributed by atoms with Gasteiger partial charge in [-0.25, -0.2) is 4.98 Å². The van der Waals surface area contributed by atoms with E-state index in [-0.39, 0.29) is 0 Å². The number of para-hydroxylation sites is 1. The van der Waals surface area contributed by atoms with Crippen LogP contribution >= 0.6 is 34.9 Å². The number of fused-ring (bicyclic) bond motifs is 3. The Morgan fingerprint density at radius 1 is 1.21 bits per heavy atom. The summed E-state index contributed by atoms with van der Waals surface area (Å²) >= 11 is 8.69. The molecular weight excluding hydrogens is 364 g/mol. The van der Waals surface area contributed by atoms with Gasteiger partial charge in [-0.15, -0.1) is 15.3 Å². The molecule has 0 N–H and O–H groups in total. The summed E-state index contributed by atoms with van der Waals surface area (Å²) in [6.07, 6.45) is 1.03. The third-order valence-corrected chi connectivity index (χ3v) is 5.48. The molecule has 122 valence electrons. The molecule has 0 aliphatic carbocycles. The average Bonchev–Trinajstić information content (AvgIpc) is 3.15. The van der Waals surface area contributed by atoms with E-state index in [0.29, 0.717) is 15.2 Å². The van der Waals surface area contributed by atoms with Crippen LogP contribution in [0.1, 0.15) is 19.0 Å². The van der Waals surface area contributed by atoms with Crippen LogP contribution in [-0.2, 0) is 12.3 Å². The first kappa shape index (κ1) is 15.7. The second kappa shape index (κ2) is 6.62. The normalized spacial score (nSPS) is 11.6. The van der Waals surface area contributed by atoms with Crippen LogP contribution < -0.4 is 0 Å². The van der Waals surface area contributed by atoms with E-state index in [9.17, 15) is 0 Å². The van der Waals surface area contributed by atoms with Gasteiger partial charge in [0.2, 0.25) is 5.16 Å². The fourth-order valence-electron chi connectivity index (χ4n) is 2.62. The predicted octanol–water partition coefficient (Wildman–Crippen LogP) is 4.19. The van der Waals surface area contributed by atoms with Gasteiger partial charge in [0.05, 0.1) is 5.52 Å². The van der Waals surface area contributed by atoms with Gasteiger partial charge in [0.1, 0.15) is 15.5 Å². The van der Waals surface area contributed by atoms with E-state index < -0.39 is 0 Å². The van der Waals surface area contributed by atoms with E-state index >= 15 is 0 Å². The first-order valence-electron chi connectivity index (χ1n) is 7.49. The Balaban J connectivity index is 1.75. The highest BCUT2D eigenvalue weighted by Gasteiger charge is 2.15. The molecule has 3 aromatic heterocycles. The van der Waals surface area contributed by atoms with Crippen molar-refractivity contribution in [1.82, 2.24) is 29.3 Å². The van der Waals surface area contributed by atoms with E-state index in [0.717, 1.165) is 40.7 Å². The van der Waals surface area contributed by atoms with E-state index in [1.54, 1.807) is 0 Å². The molecule has 0 saturated carbocycles. The number of hydrogen-bond acceptors (Lipinski definition) is 7. The smallest absolute Gasteiger partial charge is 0.211 e. The zero-order valence-corrected chi connectivity index (χ0v) is 15.2. The fourth-order valence-corrected chi connectivity index (χ4v) is 4.13. The van der Waals surface area contributed by atoms with E-state index in [1.165, 1.54) is 23.3 Å². The summed E-state index contributed by atoms with van der Waals surface area (Å²) < 4.78 is 6.65. The number of aromatic nitrogens is 6. The van der Waals surface area contributed by atoms with Crippen molar-refractivity contribution in [3.05, 3.63) is 34.3 Å². The molecule has 0 saturated heterocycles. The van der Waals surface area contributed by atoms with Crippen LogP contribution in [0.5, 0.6) is 0 Å². The number of rotatable bonds is 5. The van der Waals surface area contributed by atoms with Crippen LogP contribution in [0, 0.1) is 0 Å². The van der Waals surface area contributed by atoms with Gasteiger partial charge in [-0.2, -0.15) is 0 Å². The molecule has 0 unspecified atom stereocenters. The largest absolute Gasteiger partial charge is 0.324 e. The second-order valence-corrected chi connectivity index (χ2v) is 7.52. The van der Waals surface area contributed by atoms with E-state index in [4.69, 9.17) is 16.6 Å². The number of thioether (sulfide) groups is 1. The Morgan fingerprint density at radius 2 is 2.08 bits per heavy atom. The van der Waals surface area contributed by atoms with Gasteiger partial charge in [-0.05, 0) is 12.5 Å². The molecule has 0 fully saturated rings. The summed E-state index contributed by atoms with van der Waals surface area (Å²) in [5, 5.41) is 14.4. The Morgan fingerprint density at radius 3 is 2.88 bits per heavy atom. The highest BCUT2D eigenvalue weighted by atomic mass is 35.5. The molecule has 3 heterocycles. The summed E-state index contributed by atoms with van der Waals surface area (Å²) in [5.74, 6) is 0.580. The van der Waals surface area contributed by atoms with Crippen LogP contribution in [0.25, 0.3) is 22.1 Å². The first-order chi connectivity index (χ1) is 11.8. The van der Waals surface area contributed by atoms with Crippen LogP contribution in [0.15, 0.2) is 29.4 Å². The van der Waals surface area contributed by atoms with Crippen LogP contribution in [0.4, 0.5) is 0 Å². The maximum Gasteiger partial charge on any atom is 0.211 e. The third-order valence-electron chi connectivity index (χ3n) is 3.65. The molecule has 0 radical (unpaired) electrons. The molecule has 6 nitrogen and oxygen atoms in total. The minimum Gasteiger partial charge on any atom is -0.324 e. The summed E-state index contributed by atoms with van der Waals surface area (Å²) in [6.45, 7) is 3.05. The lowest BCUT2D eigenvalue weighted by molar-refractivity contribution is 0.709. The fraction of sp³-hybridized carbons (Fsp3) is 0.267. The first-order valence-corrected chi connectivity index (χ1v) is 9.62. The van der Waals surface area contributed by atoms with Gasteiger partial charge < -0.3 is 4.57 Å². The van der Waals surface area contributed by atoms with Gasteiger partial charge in [0.15, 0.2) is 5.65 Å². The van der Waals surface area contributed by atoms with Gasteiger partial charge >= 0.3 is 0 Å². The Hall–Kier alpha value is -1.77. The molecule has 0 bridgehead atoms. The van der Waals surface area contributed by atoms with Crippen LogP contribution in [-0.4, -0.2) is 29.3 Å². The molecule has 0 atom stereocenters. The van der Waals surface area contributed by atoms with Crippen molar-refractivity contribution >= 4 is 57.0 Å². The molecule has 4 rings (SSSR count). The minimum absolute atomic E-state index is 0.580. The molecule has 0 amide bonds. The lowest BCUT2D eigenvalue weighted by Gasteiger charge is -2.04. The topological polar surface area (TPSA) is 69.4 Å². The molecule has 0 aliphatic heterocycles. The lowest BCUT2D eigenvalue weighted by Crippen LogP contribution is -2.00. The highest BCUT2D eigenvalue weighted by molar-refractivity contribution is 7.98. The second-order valence-electron chi connectivity index (χ2n) is 5.22. The Labute approximate surface area is 151 Å². The SMILES string of the molecule is CCCn1c2ccccc2c2nnc(SCc3nnsc3Cl)nc21. The van der Waals surface area contributed by atoms with Crippen molar-refractivity contribution in [2.24, 2.45) is 0 Å².